The number of thiazole rings is 1. The quantitative estimate of drug-likeness (QED) is 0.283. The van der Waals surface area contributed by atoms with E-state index >= 15 is 0 Å². The molecule has 1 aromatic heterocycles. The Morgan fingerprint density at radius 1 is 0.935 bits per heavy atom. The van der Waals surface area contributed by atoms with Crippen LogP contribution in [0.4, 0.5) is 5.13 Å². The Kier molecular flexibility index (Phi) is 10.3. The van der Waals surface area contributed by atoms with Gasteiger partial charge in [-0.3, -0.25) is 24.6 Å². The molecule has 0 bridgehead atoms. The number of carbonyl (C=O) groups is 3. The fourth-order valence-electron chi connectivity index (χ4n) is 7.19. The van der Waals surface area contributed by atoms with E-state index in [0.717, 1.165) is 49.4 Å². The maximum atomic E-state index is 13.3. The maximum Gasteiger partial charge on any atom is 0.257 e. The Hall–Kier alpha value is -3.76. The van der Waals surface area contributed by atoms with Gasteiger partial charge in [0.25, 0.3) is 11.8 Å². The molecule has 46 heavy (non-hydrogen) atoms. The van der Waals surface area contributed by atoms with Crippen molar-refractivity contribution in [3.05, 3.63) is 64.5 Å². The SMILES string of the molecule is CCC(=O)NC1CCN(C2CCN(C(=O)c3ccc(C(=O)Nc4nc(-c5cc(C6CCCCC6)ccc5OC)cs4)cc3)CC2)C1. The molecule has 6 rings (SSSR count). The molecule has 0 radical (unpaired) electrons. The second-order valence-electron chi connectivity index (χ2n) is 12.8. The zero-order valence-electron chi connectivity index (χ0n) is 26.9. The van der Waals surface area contributed by atoms with Crippen molar-refractivity contribution in [3.63, 3.8) is 0 Å². The molecule has 2 N–H and O–H groups in total. The van der Waals surface area contributed by atoms with Crippen LogP contribution in [0.15, 0.2) is 47.8 Å². The summed E-state index contributed by atoms with van der Waals surface area (Å²) in [5.74, 6) is 1.19. The van der Waals surface area contributed by atoms with E-state index in [1.165, 1.54) is 49.0 Å². The summed E-state index contributed by atoms with van der Waals surface area (Å²) < 4.78 is 5.65. The van der Waals surface area contributed by atoms with E-state index in [1.54, 1.807) is 31.4 Å². The van der Waals surface area contributed by atoms with E-state index in [-0.39, 0.29) is 23.8 Å². The lowest BCUT2D eigenvalue weighted by Gasteiger charge is -2.36. The molecule has 9 nitrogen and oxygen atoms in total. The van der Waals surface area contributed by atoms with E-state index in [4.69, 9.17) is 9.72 Å². The Labute approximate surface area is 275 Å². The second kappa shape index (κ2) is 14.8. The highest BCUT2D eigenvalue weighted by molar-refractivity contribution is 7.14. The third kappa shape index (κ3) is 7.44. The molecule has 3 aromatic rings. The van der Waals surface area contributed by atoms with Crippen LogP contribution in [0.1, 0.15) is 96.9 Å². The topological polar surface area (TPSA) is 104 Å². The molecule has 1 unspecified atom stereocenters. The first-order valence-corrected chi connectivity index (χ1v) is 17.7. The number of rotatable bonds is 9. The van der Waals surface area contributed by atoms with Gasteiger partial charge in [-0.2, -0.15) is 0 Å². The first-order valence-electron chi connectivity index (χ1n) is 16.8. The summed E-state index contributed by atoms with van der Waals surface area (Å²) >= 11 is 1.39. The molecule has 2 saturated heterocycles. The first kappa shape index (κ1) is 32.2. The van der Waals surface area contributed by atoms with Crippen LogP contribution in [0, 0.1) is 0 Å². The molecular weight excluding hydrogens is 598 g/mol. The lowest BCUT2D eigenvalue weighted by atomic mass is 9.83. The van der Waals surface area contributed by atoms with Gasteiger partial charge >= 0.3 is 0 Å². The summed E-state index contributed by atoms with van der Waals surface area (Å²) in [6.07, 6.45) is 9.64. The zero-order chi connectivity index (χ0) is 32.0. The first-order chi connectivity index (χ1) is 22.4. The molecule has 1 atom stereocenters. The fraction of sp³-hybridized carbons (Fsp3) is 0.500. The van der Waals surface area contributed by atoms with Gasteiger partial charge < -0.3 is 15.0 Å². The van der Waals surface area contributed by atoms with E-state index in [1.807, 2.05) is 23.3 Å². The van der Waals surface area contributed by atoms with E-state index in [9.17, 15) is 14.4 Å². The molecule has 0 spiro atoms. The molecule has 1 saturated carbocycles. The number of piperidine rings is 1. The number of benzene rings is 2. The average Bonchev–Trinajstić information content (AvgIpc) is 3.78. The van der Waals surface area contributed by atoms with Gasteiger partial charge in [-0.05, 0) is 80.0 Å². The molecule has 1 aliphatic carbocycles. The summed E-state index contributed by atoms with van der Waals surface area (Å²) in [6.45, 7) is 5.16. The highest BCUT2D eigenvalue weighted by atomic mass is 32.1. The van der Waals surface area contributed by atoms with Crippen LogP contribution in [-0.4, -0.2) is 77.9 Å². The number of methoxy groups -OCH3 is 1. The third-order valence-corrected chi connectivity index (χ3v) is 10.6. The highest BCUT2D eigenvalue weighted by Gasteiger charge is 2.32. The van der Waals surface area contributed by atoms with Gasteiger partial charge in [0.15, 0.2) is 5.13 Å². The van der Waals surface area contributed by atoms with Gasteiger partial charge in [0.05, 0.1) is 12.8 Å². The van der Waals surface area contributed by atoms with Gasteiger partial charge in [-0.1, -0.05) is 32.3 Å². The Balaban J connectivity index is 1.02. The molecule has 2 aromatic carbocycles. The molecule has 2 aliphatic heterocycles. The molecule has 3 fully saturated rings. The van der Waals surface area contributed by atoms with Crippen molar-refractivity contribution in [1.29, 1.82) is 0 Å². The number of likely N-dealkylation sites (tertiary alicyclic amines) is 2. The van der Waals surface area contributed by atoms with E-state index < -0.39 is 0 Å². The molecule has 10 heteroatoms. The second-order valence-corrected chi connectivity index (χ2v) is 13.6. The lowest BCUT2D eigenvalue weighted by molar-refractivity contribution is -0.121. The molecule has 3 amide bonds. The van der Waals surface area contributed by atoms with Gasteiger partial charge in [0.2, 0.25) is 5.91 Å². The average molecular weight is 644 g/mol. The highest BCUT2D eigenvalue weighted by Crippen LogP contribution is 2.39. The van der Waals surface area contributed by atoms with Gasteiger partial charge in [0, 0.05) is 66.8 Å². The van der Waals surface area contributed by atoms with Crippen LogP contribution >= 0.6 is 11.3 Å². The largest absolute Gasteiger partial charge is 0.496 e. The molecule has 3 heterocycles. The minimum Gasteiger partial charge on any atom is -0.496 e. The minimum atomic E-state index is -0.261. The van der Waals surface area contributed by atoms with Gasteiger partial charge in [-0.25, -0.2) is 4.98 Å². The number of nitrogens with one attached hydrogen (secondary N) is 2. The predicted octanol–water partition coefficient (Wildman–Crippen LogP) is 6.32. The van der Waals surface area contributed by atoms with Gasteiger partial charge in [0.1, 0.15) is 5.75 Å². The normalized spacial score (nSPS) is 19.6. The monoisotopic (exact) mass is 643 g/mol. The summed E-state index contributed by atoms with van der Waals surface area (Å²) in [5, 5.41) is 8.52. The molecular formula is C36H45N5O4S. The zero-order valence-corrected chi connectivity index (χ0v) is 27.7. The number of anilines is 1. The van der Waals surface area contributed by atoms with E-state index in [0.29, 0.717) is 47.7 Å². The smallest absolute Gasteiger partial charge is 0.257 e. The Morgan fingerprint density at radius 3 is 2.39 bits per heavy atom. The number of nitrogens with zero attached hydrogens (tertiary/aromatic N) is 3. The van der Waals surface area contributed by atoms with Crippen LogP contribution in [0.3, 0.4) is 0 Å². The van der Waals surface area contributed by atoms with E-state index in [2.05, 4.69) is 27.7 Å². The van der Waals surface area contributed by atoms with Crippen LogP contribution in [0.5, 0.6) is 5.75 Å². The summed E-state index contributed by atoms with van der Waals surface area (Å²) in [4.78, 5) is 47.2. The van der Waals surface area contributed by atoms with Crippen molar-refractivity contribution < 1.29 is 19.1 Å². The summed E-state index contributed by atoms with van der Waals surface area (Å²) in [5.41, 5.74) is 4.11. The molecule has 3 aliphatic rings. The maximum absolute atomic E-state index is 13.3. The summed E-state index contributed by atoms with van der Waals surface area (Å²) in [7, 11) is 1.67. The van der Waals surface area contributed by atoms with Crippen molar-refractivity contribution in [2.45, 2.75) is 82.7 Å². The Morgan fingerprint density at radius 2 is 1.67 bits per heavy atom. The lowest BCUT2D eigenvalue weighted by Crippen LogP contribution is -2.47. The van der Waals surface area contributed by atoms with Crippen LogP contribution in [-0.2, 0) is 4.79 Å². The standard InChI is InChI=1S/C36H45N5O4S/c1-3-33(42)37-28-15-18-41(22-28)29-16-19-40(20-17-29)35(44)26-11-9-25(10-12-26)34(43)39-36-38-31(23-46-36)30-21-27(13-14-32(30)45-2)24-7-5-4-6-8-24/h9-14,21,23-24,28-29H,3-8,15-20,22H2,1-2H3,(H,37,42)(H,38,39,43). The number of hydrogen-bond acceptors (Lipinski definition) is 7. The Bertz CT molecular complexity index is 1530. The third-order valence-electron chi connectivity index (χ3n) is 9.87. The minimum absolute atomic E-state index is 0.00566. The fourth-order valence-corrected chi connectivity index (χ4v) is 7.89. The van der Waals surface area contributed by atoms with Crippen LogP contribution in [0.2, 0.25) is 0 Å². The van der Waals surface area contributed by atoms with Crippen molar-refractivity contribution in [3.8, 4) is 17.0 Å². The molecule has 244 valence electrons. The predicted molar refractivity (Wildman–Crippen MR) is 182 cm³/mol. The van der Waals surface area contributed by atoms with Crippen molar-refractivity contribution in [2.75, 3.05) is 38.6 Å². The number of carbonyl (C=O) groups excluding carboxylic acids is 3. The van der Waals surface area contributed by atoms with Crippen molar-refractivity contribution in [1.82, 2.24) is 20.1 Å². The number of hydrogen-bond donors (Lipinski definition) is 2. The number of amides is 3. The van der Waals surface area contributed by atoms with Crippen LogP contribution in [0.25, 0.3) is 11.3 Å². The number of ether oxygens (including phenoxy) is 1. The number of aromatic nitrogens is 1. The van der Waals surface area contributed by atoms with Gasteiger partial charge in [-0.15, -0.1) is 11.3 Å². The van der Waals surface area contributed by atoms with Crippen molar-refractivity contribution >= 4 is 34.2 Å². The summed E-state index contributed by atoms with van der Waals surface area (Å²) in [6, 6.07) is 13.9. The van der Waals surface area contributed by atoms with Crippen molar-refractivity contribution in [2.24, 2.45) is 0 Å². The van der Waals surface area contributed by atoms with Crippen LogP contribution < -0.4 is 15.4 Å².